The molecule has 0 aromatic heterocycles. The van der Waals surface area contributed by atoms with Crippen molar-refractivity contribution in [2.75, 3.05) is 0 Å². The number of benzene rings is 1. The van der Waals surface area contributed by atoms with Crippen LogP contribution in [0.25, 0.3) is 0 Å². The first-order chi connectivity index (χ1) is 13.3. The molecule has 0 atom stereocenters. The molecule has 16 heteroatoms. The number of hydrogen-bond acceptors (Lipinski definition) is 3. The third kappa shape index (κ3) is 4.11. The highest BCUT2D eigenvalue weighted by Crippen LogP contribution is 2.55. The van der Waals surface area contributed by atoms with Gasteiger partial charge in [0.2, 0.25) is 5.83 Å². The van der Waals surface area contributed by atoms with Gasteiger partial charge in [-0.05, 0) is 18.2 Å². The van der Waals surface area contributed by atoms with Crippen molar-refractivity contribution in [2.24, 2.45) is 0 Å². The molecule has 168 valence electrons. The molecule has 5 nitrogen and oxygen atoms in total. The fraction of sp³-hybridized carbons (Fsp3) is 0.286. The molecule has 0 fully saturated rings. The predicted molar refractivity (Wildman–Crippen MR) is 71.1 cm³/mol. The van der Waals surface area contributed by atoms with Gasteiger partial charge in [-0.25, -0.2) is 9.59 Å². The molecule has 0 unspecified atom stereocenters. The summed E-state index contributed by atoms with van der Waals surface area (Å²) in [6.07, 6.45) is -7.30. The summed E-state index contributed by atoms with van der Waals surface area (Å²) in [5.74, 6) is -31.9. The van der Waals surface area contributed by atoms with Crippen LogP contribution in [-0.2, 0) is 0 Å². The highest BCUT2D eigenvalue weighted by molar-refractivity contribution is 5.94. The van der Waals surface area contributed by atoms with Gasteiger partial charge in [0.15, 0.2) is 0 Å². The summed E-state index contributed by atoms with van der Waals surface area (Å²) in [7, 11) is 0. The first kappa shape index (κ1) is 25.0. The fourth-order valence-corrected chi connectivity index (χ4v) is 1.69. The van der Waals surface area contributed by atoms with Crippen LogP contribution in [0.3, 0.4) is 0 Å². The van der Waals surface area contributed by atoms with Crippen LogP contribution in [0.4, 0.5) is 48.3 Å². The van der Waals surface area contributed by atoms with E-state index >= 15 is 0 Å². The third-order valence-electron chi connectivity index (χ3n) is 3.25. The van der Waals surface area contributed by atoms with E-state index in [1.807, 2.05) is 0 Å². The van der Waals surface area contributed by atoms with Crippen molar-refractivity contribution in [3.8, 4) is 5.75 Å². The van der Waals surface area contributed by atoms with Crippen molar-refractivity contribution in [1.29, 1.82) is 0 Å². The maximum Gasteiger partial charge on any atom is 0.460 e. The lowest BCUT2D eigenvalue weighted by molar-refractivity contribution is -0.392. The average molecular weight is 462 g/mol. The number of halogens is 11. The summed E-state index contributed by atoms with van der Waals surface area (Å²) < 4.78 is 145. The molecule has 0 bridgehead atoms. The van der Waals surface area contributed by atoms with Crippen LogP contribution in [0.2, 0.25) is 0 Å². The van der Waals surface area contributed by atoms with Crippen molar-refractivity contribution in [1.82, 2.24) is 0 Å². The van der Waals surface area contributed by atoms with Crippen LogP contribution in [0.15, 0.2) is 30.0 Å². The largest absolute Gasteiger partial charge is 0.478 e. The molecular weight excluding hydrogens is 457 g/mol. The second-order valence-corrected chi connectivity index (χ2v) is 5.23. The minimum absolute atomic E-state index is 0.0965. The van der Waals surface area contributed by atoms with Crippen LogP contribution in [-0.4, -0.2) is 46.1 Å². The quantitative estimate of drug-likeness (QED) is 0.439. The van der Waals surface area contributed by atoms with Gasteiger partial charge in [-0.15, -0.1) is 0 Å². The average Bonchev–Trinajstić information content (AvgIpc) is 2.59. The molecule has 0 amide bonds. The summed E-state index contributed by atoms with van der Waals surface area (Å²) in [5.41, 5.74) is -2.15. The van der Waals surface area contributed by atoms with Crippen LogP contribution in [0.1, 0.15) is 20.7 Å². The maximum absolute atomic E-state index is 13.6. The standard InChI is InChI=1S/C14H5F11O5/c15-7(11(17,18)12(19,20)13(21,22)14(23,24)25)8(16)30-6-3-4(9(26)27)1-2-5(6)10(28)29/h1-3H,(H,26,27)(H,28,29). The Kier molecular flexibility index (Phi) is 6.36. The van der Waals surface area contributed by atoms with Gasteiger partial charge in [-0.2, -0.15) is 48.3 Å². The smallest absolute Gasteiger partial charge is 0.460 e. The Morgan fingerprint density at radius 1 is 0.800 bits per heavy atom. The molecule has 0 radical (unpaired) electrons. The lowest BCUT2D eigenvalue weighted by Crippen LogP contribution is -2.61. The molecule has 1 rings (SSSR count). The third-order valence-corrected chi connectivity index (χ3v) is 3.25. The summed E-state index contributed by atoms with van der Waals surface area (Å²) in [6, 6.07) is -2.50. The molecule has 0 spiro atoms. The number of allylic oxidation sites excluding steroid dienone is 1. The predicted octanol–water partition coefficient (Wildman–Crippen LogP) is 5.04. The minimum Gasteiger partial charge on any atom is -0.478 e. The second-order valence-electron chi connectivity index (χ2n) is 5.23. The lowest BCUT2D eigenvalue weighted by atomic mass is 10.0. The normalized spacial score (nSPS) is 14.2. The minimum atomic E-state index is -7.55. The number of aromatic carboxylic acids is 2. The van der Waals surface area contributed by atoms with E-state index in [0.717, 1.165) is 0 Å². The van der Waals surface area contributed by atoms with E-state index in [-0.39, 0.29) is 6.07 Å². The number of carbonyl (C=O) groups is 2. The number of carboxylic acids is 2. The van der Waals surface area contributed by atoms with E-state index in [9.17, 15) is 57.9 Å². The first-order valence-corrected chi connectivity index (χ1v) is 6.83. The van der Waals surface area contributed by atoms with E-state index in [2.05, 4.69) is 4.74 Å². The van der Waals surface area contributed by atoms with Gasteiger partial charge in [0.25, 0.3) is 0 Å². The Morgan fingerprint density at radius 2 is 1.30 bits per heavy atom. The Morgan fingerprint density at radius 3 is 1.70 bits per heavy atom. The van der Waals surface area contributed by atoms with Crippen LogP contribution >= 0.6 is 0 Å². The SMILES string of the molecule is O=C(O)c1ccc(C(=O)O)c(OC(F)=C(F)C(F)(F)C(F)(F)C(F)(F)C(F)(F)F)c1. The van der Waals surface area contributed by atoms with E-state index < -0.39 is 64.6 Å². The lowest BCUT2D eigenvalue weighted by Gasteiger charge is -2.32. The molecule has 1 aromatic rings. The van der Waals surface area contributed by atoms with Crippen LogP contribution < -0.4 is 4.74 Å². The molecule has 2 N–H and O–H groups in total. The van der Waals surface area contributed by atoms with Crippen LogP contribution in [0.5, 0.6) is 5.75 Å². The number of hydrogen-bond donors (Lipinski definition) is 2. The Bertz CT molecular complexity index is 889. The van der Waals surface area contributed by atoms with E-state index in [0.29, 0.717) is 12.1 Å². The highest BCUT2D eigenvalue weighted by atomic mass is 19.4. The van der Waals surface area contributed by atoms with Gasteiger partial charge in [0.1, 0.15) is 11.3 Å². The molecule has 0 aliphatic carbocycles. The van der Waals surface area contributed by atoms with Crippen molar-refractivity contribution in [2.45, 2.75) is 23.9 Å². The van der Waals surface area contributed by atoms with Crippen molar-refractivity contribution in [3.05, 3.63) is 41.2 Å². The van der Waals surface area contributed by atoms with Crippen molar-refractivity contribution < 1.29 is 72.8 Å². The zero-order valence-corrected chi connectivity index (χ0v) is 13.5. The van der Waals surface area contributed by atoms with Crippen molar-refractivity contribution in [3.63, 3.8) is 0 Å². The van der Waals surface area contributed by atoms with Crippen LogP contribution in [0, 0.1) is 0 Å². The molecule has 0 saturated heterocycles. The van der Waals surface area contributed by atoms with Gasteiger partial charge in [0.05, 0.1) is 5.56 Å². The Labute approximate surface area is 157 Å². The Hall–Kier alpha value is -3.07. The van der Waals surface area contributed by atoms with E-state index in [1.54, 1.807) is 0 Å². The van der Waals surface area contributed by atoms with E-state index in [4.69, 9.17) is 10.2 Å². The topological polar surface area (TPSA) is 83.8 Å². The number of alkyl halides is 9. The molecular formula is C14H5F11O5. The maximum atomic E-state index is 13.6. The summed E-state index contributed by atoms with van der Waals surface area (Å²) in [6.45, 7) is 0. The summed E-state index contributed by atoms with van der Waals surface area (Å²) >= 11 is 0. The zero-order valence-electron chi connectivity index (χ0n) is 13.5. The molecule has 0 heterocycles. The van der Waals surface area contributed by atoms with E-state index in [1.165, 1.54) is 0 Å². The molecule has 0 saturated carbocycles. The highest BCUT2D eigenvalue weighted by Gasteiger charge is 2.83. The fourth-order valence-electron chi connectivity index (χ4n) is 1.69. The monoisotopic (exact) mass is 462 g/mol. The van der Waals surface area contributed by atoms with Crippen molar-refractivity contribution >= 4 is 11.9 Å². The number of ether oxygens (including phenoxy) is 1. The molecule has 0 aliphatic heterocycles. The van der Waals surface area contributed by atoms with Gasteiger partial charge < -0.3 is 14.9 Å². The molecule has 1 aromatic carbocycles. The van der Waals surface area contributed by atoms with Gasteiger partial charge in [-0.1, -0.05) is 0 Å². The van der Waals surface area contributed by atoms with Gasteiger partial charge in [0, 0.05) is 0 Å². The summed E-state index contributed by atoms with van der Waals surface area (Å²) in [5, 5.41) is 17.5. The first-order valence-electron chi connectivity index (χ1n) is 6.83. The van der Waals surface area contributed by atoms with Gasteiger partial charge >= 0.3 is 41.9 Å². The molecule has 0 aliphatic rings. The van der Waals surface area contributed by atoms with Gasteiger partial charge in [-0.3, -0.25) is 0 Å². The Balaban J connectivity index is 3.53. The molecule has 30 heavy (non-hydrogen) atoms. The summed E-state index contributed by atoms with van der Waals surface area (Å²) in [4.78, 5) is 21.7. The second kappa shape index (κ2) is 7.64. The number of rotatable bonds is 7. The zero-order chi connectivity index (χ0) is 23.9. The number of carboxylic acid groups (broad SMARTS) is 2.